The molecule has 1 aliphatic heterocycles. The summed E-state index contributed by atoms with van der Waals surface area (Å²) in [6, 6.07) is 5.80. The number of nitrogens with zero attached hydrogens (tertiary/aromatic N) is 2. The molecule has 4 nitrogen and oxygen atoms in total. The van der Waals surface area contributed by atoms with Crippen molar-refractivity contribution in [1.82, 2.24) is 9.80 Å². The zero-order chi connectivity index (χ0) is 15.2. The van der Waals surface area contributed by atoms with Crippen molar-refractivity contribution in [3.8, 4) is 11.8 Å². The standard InChI is InChI=1S/C17H23N3O/c1-14-6-7-16(15(13-14)5-3-8-18)17(21)20-10-4-9-19(2)11-12-20/h6-7,13H,4,8-12,18H2,1-2H3. The molecule has 1 fully saturated rings. The maximum atomic E-state index is 12.8. The van der Waals surface area contributed by atoms with Crippen LogP contribution in [0.15, 0.2) is 18.2 Å². The van der Waals surface area contributed by atoms with Crippen LogP contribution in [0.25, 0.3) is 0 Å². The van der Waals surface area contributed by atoms with E-state index in [9.17, 15) is 4.79 Å². The molecule has 0 aliphatic carbocycles. The lowest BCUT2D eigenvalue weighted by molar-refractivity contribution is 0.0762. The summed E-state index contributed by atoms with van der Waals surface area (Å²) in [5.41, 5.74) is 8.01. The van der Waals surface area contributed by atoms with Crippen molar-refractivity contribution in [2.75, 3.05) is 39.8 Å². The third-order valence-corrected chi connectivity index (χ3v) is 3.74. The van der Waals surface area contributed by atoms with Crippen molar-refractivity contribution in [2.45, 2.75) is 13.3 Å². The number of likely N-dealkylation sites (N-methyl/N-ethyl adjacent to an activating group) is 1. The number of benzene rings is 1. The van der Waals surface area contributed by atoms with Crippen molar-refractivity contribution < 1.29 is 4.79 Å². The zero-order valence-electron chi connectivity index (χ0n) is 12.9. The van der Waals surface area contributed by atoms with Gasteiger partial charge >= 0.3 is 0 Å². The highest BCUT2D eigenvalue weighted by Crippen LogP contribution is 2.15. The van der Waals surface area contributed by atoms with Gasteiger partial charge in [-0.25, -0.2) is 0 Å². The van der Waals surface area contributed by atoms with Crippen LogP contribution in [-0.4, -0.2) is 55.5 Å². The molecule has 0 saturated carbocycles. The average Bonchev–Trinajstić information content (AvgIpc) is 2.69. The molecule has 1 heterocycles. The molecule has 4 heteroatoms. The molecule has 21 heavy (non-hydrogen) atoms. The lowest BCUT2D eigenvalue weighted by Crippen LogP contribution is -2.34. The van der Waals surface area contributed by atoms with E-state index in [1.54, 1.807) is 0 Å². The number of nitrogens with two attached hydrogens (primary N) is 1. The lowest BCUT2D eigenvalue weighted by atomic mass is 10.0. The predicted octanol–water partition coefficient (Wildman–Crippen LogP) is 1.08. The number of hydrogen-bond donors (Lipinski definition) is 1. The van der Waals surface area contributed by atoms with Gasteiger partial charge in [0.15, 0.2) is 0 Å². The molecule has 1 aromatic carbocycles. The molecule has 0 radical (unpaired) electrons. The summed E-state index contributed by atoms with van der Waals surface area (Å²) in [6.07, 6.45) is 1.01. The Bertz CT molecular complexity index is 571. The summed E-state index contributed by atoms with van der Waals surface area (Å²) in [5, 5.41) is 0. The van der Waals surface area contributed by atoms with Gasteiger partial charge in [-0.1, -0.05) is 17.9 Å². The Balaban J connectivity index is 2.25. The van der Waals surface area contributed by atoms with Gasteiger partial charge in [0.1, 0.15) is 0 Å². The van der Waals surface area contributed by atoms with Gasteiger partial charge in [-0.05, 0) is 44.6 Å². The summed E-state index contributed by atoms with van der Waals surface area (Å²) in [4.78, 5) is 17.0. The molecule has 2 N–H and O–H groups in total. The van der Waals surface area contributed by atoms with Crippen LogP contribution in [0.2, 0.25) is 0 Å². The fourth-order valence-electron chi connectivity index (χ4n) is 2.51. The first-order valence-electron chi connectivity index (χ1n) is 7.39. The first kappa shape index (κ1) is 15.6. The predicted molar refractivity (Wildman–Crippen MR) is 85.1 cm³/mol. The van der Waals surface area contributed by atoms with Gasteiger partial charge < -0.3 is 15.5 Å². The normalized spacial score (nSPS) is 16.0. The molecule has 0 bridgehead atoms. The van der Waals surface area contributed by atoms with Gasteiger partial charge in [-0.15, -0.1) is 0 Å². The Labute approximate surface area is 126 Å². The fourth-order valence-corrected chi connectivity index (χ4v) is 2.51. The molecule has 0 aromatic heterocycles. The molecule has 112 valence electrons. The average molecular weight is 285 g/mol. The maximum Gasteiger partial charge on any atom is 0.255 e. The minimum Gasteiger partial charge on any atom is -0.337 e. The van der Waals surface area contributed by atoms with Crippen LogP contribution in [-0.2, 0) is 0 Å². The van der Waals surface area contributed by atoms with E-state index in [-0.39, 0.29) is 5.91 Å². The van der Waals surface area contributed by atoms with Gasteiger partial charge in [0, 0.05) is 25.2 Å². The molecule has 1 aliphatic rings. The van der Waals surface area contributed by atoms with Crippen molar-refractivity contribution in [3.63, 3.8) is 0 Å². The molecule has 1 saturated heterocycles. The van der Waals surface area contributed by atoms with Gasteiger partial charge in [0.2, 0.25) is 0 Å². The quantitative estimate of drug-likeness (QED) is 0.786. The van der Waals surface area contributed by atoms with Crippen molar-refractivity contribution in [1.29, 1.82) is 0 Å². The van der Waals surface area contributed by atoms with E-state index in [1.165, 1.54) is 0 Å². The second-order valence-corrected chi connectivity index (χ2v) is 5.50. The minimum absolute atomic E-state index is 0.0756. The highest BCUT2D eigenvalue weighted by Gasteiger charge is 2.20. The molecule has 0 atom stereocenters. The topological polar surface area (TPSA) is 49.6 Å². The summed E-state index contributed by atoms with van der Waals surface area (Å²) in [7, 11) is 2.10. The molecule has 1 amide bonds. The minimum atomic E-state index is 0.0756. The van der Waals surface area contributed by atoms with Crippen molar-refractivity contribution in [2.24, 2.45) is 5.73 Å². The number of aryl methyl sites for hydroxylation is 1. The summed E-state index contributed by atoms with van der Waals surface area (Å²) >= 11 is 0. The summed E-state index contributed by atoms with van der Waals surface area (Å²) in [5.74, 6) is 5.95. The number of hydrogen-bond acceptors (Lipinski definition) is 3. The fraction of sp³-hybridized carbons (Fsp3) is 0.471. The van der Waals surface area contributed by atoms with E-state index in [0.717, 1.165) is 43.7 Å². The largest absolute Gasteiger partial charge is 0.337 e. The molecule has 0 unspecified atom stereocenters. The van der Waals surface area contributed by atoms with Crippen LogP contribution in [0.3, 0.4) is 0 Å². The van der Waals surface area contributed by atoms with E-state index >= 15 is 0 Å². The van der Waals surface area contributed by atoms with E-state index < -0.39 is 0 Å². The third-order valence-electron chi connectivity index (χ3n) is 3.74. The Morgan fingerprint density at radius 2 is 2.10 bits per heavy atom. The highest BCUT2D eigenvalue weighted by molar-refractivity contribution is 5.96. The first-order valence-corrected chi connectivity index (χ1v) is 7.39. The second kappa shape index (κ2) is 7.26. The SMILES string of the molecule is Cc1ccc(C(=O)N2CCCN(C)CC2)c(C#CCN)c1. The summed E-state index contributed by atoms with van der Waals surface area (Å²) in [6.45, 7) is 5.84. The second-order valence-electron chi connectivity index (χ2n) is 5.50. The molecule has 2 rings (SSSR count). The van der Waals surface area contributed by atoms with Gasteiger partial charge in [0.25, 0.3) is 5.91 Å². The van der Waals surface area contributed by atoms with Gasteiger partial charge in [0.05, 0.1) is 12.1 Å². The molecule has 0 spiro atoms. The first-order chi connectivity index (χ1) is 10.1. The third kappa shape index (κ3) is 4.07. The van der Waals surface area contributed by atoms with Crippen molar-refractivity contribution >= 4 is 5.91 Å². The van der Waals surface area contributed by atoms with Crippen LogP contribution in [0.4, 0.5) is 0 Å². The van der Waals surface area contributed by atoms with Crippen LogP contribution in [0.5, 0.6) is 0 Å². The van der Waals surface area contributed by atoms with Crippen molar-refractivity contribution in [3.05, 3.63) is 34.9 Å². The number of rotatable bonds is 1. The highest BCUT2D eigenvalue weighted by atomic mass is 16.2. The van der Waals surface area contributed by atoms with Crippen LogP contribution in [0, 0.1) is 18.8 Å². The number of carbonyl (C=O) groups excluding carboxylic acids is 1. The van der Waals surface area contributed by atoms with E-state index in [4.69, 9.17) is 5.73 Å². The van der Waals surface area contributed by atoms with E-state index in [0.29, 0.717) is 12.1 Å². The van der Waals surface area contributed by atoms with E-state index in [1.807, 2.05) is 30.0 Å². The maximum absolute atomic E-state index is 12.8. The number of amides is 1. The van der Waals surface area contributed by atoms with Crippen LogP contribution >= 0.6 is 0 Å². The smallest absolute Gasteiger partial charge is 0.255 e. The molecular weight excluding hydrogens is 262 g/mol. The lowest BCUT2D eigenvalue weighted by Gasteiger charge is -2.21. The van der Waals surface area contributed by atoms with Crippen LogP contribution < -0.4 is 5.73 Å². The Kier molecular flexibility index (Phi) is 5.38. The Morgan fingerprint density at radius 3 is 2.86 bits per heavy atom. The zero-order valence-corrected chi connectivity index (χ0v) is 12.9. The molecule has 1 aromatic rings. The molecular formula is C17H23N3O. The number of carbonyl (C=O) groups is 1. The Hall–Kier alpha value is -1.83. The van der Waals surface area contributed by atoms with Gasteiger partial charge in [-0.3, -0.25) is 4.79 Å². The Morgan fingerprint density at radius 1 is 1.29 bits per heavy atom. The summed E-state index contributed by atoms with van der Waals surface area (Å²) < 4.78 is 0. The van der Waals surface area contributed by atoms with Crippen LogP contribution in [0.1, 0.15) is 27.9 Å². The van der Waals surface area contributed by atoms with E-state index in [2.05, 4.69) is 23.8 Å². The monoisotopic (exact) mass is 285 g/mol. The van der Waals surface area contributed by atoms with Gasteiger partial charge in [-0.2, -0.15) is 0 Å².